The zero-order valence-electron chi connectivity index (χ0n) is 12.8. The summed E-state index contributed by atoms with van der Waals surface area (Å²) in [5.74, 6) is 0. The van der Waals surface area contributed by atoms with E-state index in [1.165, 1.54) is 0 Å². The molecule has 1 aromatic heterocycles. The Kier molecular flexibility index (Phi) is 5.97. The molecule has 2 rings (SSSR count). The van der Waals surface area contributed by atoms with Crippen LogP contribution in [0.5, 0.6) is 0 Å². The highest BCUT2D eigenvalue weighted by molar-refractivity contribution is 5.74. The monoisotopic (exact) mass is 302 g/mol. The molecule has 0 atom stereocenters. The number of carbonyl (C=O) groups excluding carboxylic acids is 1. The maximum atomic E-state index is 11.9. The number of rotatable bonds is 7. The summed E-state index contributed by atoms with van der Waals surface area (Å²) in [6.45, 7) is 3.40. The highest BCUT2D eigenvalue weighted by Crippen LogP contribution is 2.08. The van der Waals surface area contributed by atoms with Crippen molar-refractivity contribution in [3.8, 4) is 5.69 Å². The molecule has 0 bridgehead atoms. The second-order valence-electron chi connectivity index (χ2n) is 4.90. The molecule has 0 fully saturated rings. The van der Waals surface area contributed by atoms with Crippen LogP contribution in [0.25, 0.3) is 5.69 Å². The molecule has 1 aromatic carbocycles. The number of aliphatic hydroxyl groups is 1. The normalized spacial score (nSPS) is 10.5. The predicted molar refractivity (Wildman–Crippen MR) is 85.0 cm³/mol. The number of aromatic nitrogens is 2. The zero-order valence-corrected chi connectivity index (χ0v) is 12.8. The molecule has 0 aliphatic rings. The van der Waals surface area contributed by atoms with E-state index in [0.717, 1.165) is 17.7 Å². The smallest absolute Gasteiger partial charge is 0.317 e. The summed E-state index contributed by atoms with van der Waals surface area (Å²) >= 11 is 0. The van der Waals surface area contributed by atoms with Crippen molar-refractivity contribution in [1.82, 2.24) is 20.0 Å². The van der Waals surface area contributed by atoms with E-state index in [0.29, 0.717) is 19.6 Å². The van der Waals surface area contributed by atoms with Gasteiger partial charge < -0.3 is 15.3 Å². The number of likely N-dealkylation sites (N-methyl/N-ethyl adjacent to an activating group) is 1. The van der Waals surface area contributed by atoms with E-state index < -0.39 is 0 Å². The van der Waals surface area contributed by atoms with Crippen molar-refractivity contribution in [2.75, 3.05) is 26.2 Å². The van der Waals surface area contributed by atoms with Gasteiger partial charge in [-0.3, -0.25) is 0 Å². The predicted octanol–water partition coefficient (Wildman–Crippen LogP) is 1.44. The second kappa shape index (κ2) is 8.19. The number of amides is 2. The van der Waals surface area contributed by atoms with Crippen LogP contribution in [-0.4, -0.2) is 52.1 Å². The van der Waals surface area contributed by atoms with Crippen molar-refractivity contribution < 1.29 is 9.90 Å². The molecule has 2 amide bonds. The standard InChI is InChI=1S/C16H22N4O2/c1-2-19(12-13-21)16(22)17-10-8-14-4-6-15(7-5-14)20-11-3-9-18-20/h3-7,9,11,21H,2,8,10,12-13H2,1H3,(H,17,22). The van der Waals surface area contributed by atoms with Gasteiger partial charge in [-0.15, -0.1) is 0 Å². The summed E-state index contributed by atoms with van der Waals surface area (Å²) in [5.41, 5.74) is 2.17. The lowest BCUT2D eigenvalue weighted by Crippen LogP contribution is -2.42. The minimum Gasteiger partial charge on any atom is -0.395 e. The highest BCUT2D eigenvalue weighted by Gasteiger charge is 2.09. The van der Waals surface area contributed by atoms with Crippen molar-refractivity contribution in [3.63, 3.8) is 0 Å². The van der Waals surface area contributed by atoms with Gasteiger partial charge in [0.15, 0.2) is 0 Å². The number of hydrogen-bond donors (Lipinski definition) is 2. The lowest BCUT2D eigenvalue weighted by molar-refractivity contribution is 0.180. The summed E-state index contributed by atoms with van der Waals surface area (Å²) < 4.78 is 1.81. The SMILES string of the molecule is CCN(CCO)C(=O)NCCc1ccc(-n2cccn2)cc1. The maximum Gasteiger partial charge on any atom is 0.317 e. The van der Waals surface area contributed by atoms with E-state index >= 15 is 0 Å². The van der Waals surface area contributed by atoms with Crippen LogP contribution in [0.4, 0.5) is 4.79 Å². The first-order valence-corrected chi connectivity index (χ1v) is 7.47. The van der Waals surface area contributed by atoms with Crippen molar-refractivity contribution in [2.24, 2.45) is 0 Å². The van der Waals surface area contributed by atoms with Crippen LogP contribution >= 0.6 is 0 Å². The zero-order chi connectivity index (χ0) is 15.8. The number of urea groups is 1. The molecule has 0 saturated heterocycles. The van der Waals surface area contributed by atoms with Crippen molar-refractivity contribution in [2.45, 2.75) is 13.3 Å². The molecular formula is C16H22N4O2. The Balaban J connectivity index is 1.81. The molecule has 2 aromatic rings. The number of carbonyl (C=O) groups is 1. The molecule has 6 nitrogen and oxygen atoms in total. The van der Waals surface area contributed by atoms with Gasteiger partial charge in [0.25, 0.3) is 0 Å². The third-order valence-electron chi connectivity index (χ3n) is 3.43. The molecular weight excluding hydrogens is 280 g/mol. The first-order chi connectivity index (χ1) is 10.7. The summed E-state index contributed by atoms with van der Waals surface area (Å²) in [4.78, 5) is 13.4. The molecule has 0 unspecified atom stereocenters. The summed E-state index contributed by atoms with van der Waals surface area (Å²) in [6, 6.07) is 9.84. The molecule has 6 heteroatoms. The van der Waals surface area contributed by atoms with Crippen LogP contribution in [0.1, 0.15) is 12.5 Å². The van der Waals surface area contributed by atoms with Crippen LogP contribution in [-0.2, 0) is 6.42 Å². The average Bonchev–Trinajstić information content (AvgIpc) is 3.07. The second-order valence-corrected chi connectivity index (χ2v) is 4.90. The van der Waals surface area contributed by atoms with Crippen molar-refractivity contribution in [3.05, 3.63) is 48.3 Å². The molecule has 0 aliphatic carbocycles. The van der Waals surface area contributed by atoms with Gasteiger partial charge in [0.05, 0.1) is 12.3 Å². The third-order valence-corrected chi connectivity index (χ3v) is 3.43. The molecule has 0 spiro atoms. The van der Waals surface area contributed by atoms with E-state index in [4.69, 9.17) is 5.11 Å². The fourth-order valence-electron chi connectivity index (χ4n) is 2.19. The van der Waals surface area contributed by atoms with E-state index in [1.807, 2.05) is 43.5 Å². The minimum absolute atomic E-state index is 0.0177. The Morgan fingerprint density at radius 1 is 1.36 bits per heavy atom. The van der Waals surface area contributed by atoms with Crippen LogP contribution < -0.4 is 5.32 Å². The summed E-state index contributed by atoms with van der Waals surface area (Å²) in [7, 11) is 0. The molecule has 1 heterocycles. The van der Waals surface area contributed by atoms with Gasteiger partial charge >= 0.3 is 6.03 Å². The maximum absolute atomic E-state index is 11.9. The fraction of sp³-hybridized carbons (Fsp3) is 0.375. The van der Waals surface area contributed by atoms with Gasteiger partial charge in [0.2, 0.25) is 0 Å². The number of aliphatic hydroxyl groups excluding tert-OH is 1. The lowest BCUT2D eigenvalue weighted by atomic mass is 10.1. The van der Waals surface area contributed by atoms with Gasteiger partial charge in [-0.1, -0.05) is 12.1 Å². The first-order valence-electron chi connectivity index (χ1n) is 7.47. The topological polar surface area (TPSA) is 70.4 Å². The Morgan fingerprint density at radius 3 is 2.73 bits per heavy atom. The van der Waals surface area contributed by atoms with Gasteiger partial charge in [-0.25, -0.2) is 9.48 Å². The van der Waals surface area contributed by atoms with E-state index in [-0.39, 0.29) is 12.6 Å². The fourth-order valence-corrected chi connectivity index (χ4v) is 2.19. The Labute approximate surface area is 130 Å². The quantitative estimate of drug-likeness (QED) is 0.813. The van der Waals surface area contributed by atoms with Gasteiger partial charge in [-0.2, -0.15) is 5.10 Å². The van der Waals surface area contributed by atoms with E-state index in [1.54, 1.807) is 15.8 Å². The number of benzene rings is 1. The van der Waals surface area contributed by atoms with Crippen LogP contribution in [0, 0.1) is 0 Å². The van der Waals surface area contributed by atoms with Crippen LogP contribution in [0.15, 0.2) is 42.7 Å². The Hall–Kier alpha value is -2.34. The molecule has 22 heavy (non-hydrogen) atoms. The molecule has 2 N–H and O–H groups in total. The Bertz CT molecular complexity index is 566. The average molecular weight is 302 g/mol. The van der Waals surface area contributed by atoms with E-state index in [9.17, 15) is 4.79 Å². The number of nitrogens with zero attached hydrogens (tertiary/aromatic N) is 3. The first kappa shape index (κ1) is 16.0. The molecule has 0 radical (unpaired) electrons. The van der Waals surface area contributed by atoms with E-state index in [2.05, 4.69) is 10.4 Å². The van der Waals surface area contributed by atoms with Gasteiger partial charge in [-0.05, 0) is 37.1 Å². The van der Waals surface area contributed by atoms with Crippen LogP contribution in [0.3, 0.4) is 0 Å². The minimum atomic E-state index is -0.135. The van der Waals surface area contributed by atoms with Crippen LogP contribution in [0.2, 0.25) is 0 Å². The van der Waals surface area contributed by atoms with Gasteiger partial charge in [0.1, 0.15) is 0 Å². The highest BCUT2D eigenvalue weighted by atomic mass is 16.3. The molecule has 0 aliphatic heterocycles. The molecule has 0 saturated carbocycles. The number of nitrogens with one attached hydrogen (secondary N) is 1. The largest absolute Gasteiger partial charge is 0.395 e. The summed E-state index contributed by atoms with van der Waals surface area (Å²) in [5, 5.41) is 15.9. The summed E-state index contributed by atoms with van der Waals surface area (Å²) in [6.07, 6.45) is 4.41. The Morgan fingerprint density at radius 2 is 2.14 bits per heavy atom. The lowest BCUT2D eigenvalue weighted by Gasteiger charge is -2.20. The van der Waals surface area contributed by atoms with Crippen molar-refractivity contribution in [1.29, 1.82) is 0 Å². The van der Waals surface area contributed by atoms with Crippen molar-refractivity contribution >= 4 is 6.03 Å². The number of hydrogen-bond acceptors (Lipinski definition) is 3. The van der Waals surface area contributed by atoms with Gasteiger partial charge in [0, 0.05) is 32.0 Å². The third kappa shape index (κ3) is 4.33. The molecule has 118 valence electrons.